The minimum Gasteiger partial charge on any atom is -0.478 e. The summed E-state index contributed by atoms with van der Waals surface area (Å²) in [4.78, 5) is 21.1. The lowest BCUT2D eigenvalue weighted by atomic mass is 9.94. The normalized spacial score (nSPS) is 29.8. The highest BCUT2D eigenvalue weighted by Gasteiger charge is 2.30. The number of carbonyl (C=O) groups is 2. The molecule has 0 bridgehead atoms. The van der Waals surface area contributed by atoms with Gasteiger partial charge in [-0.2, -0.15) is 0 Å². The molecular weight excluding hydrogens is 164 g/mol. The lowest BCUT2D eigenvalue weighted by Gasteiger charge is -2.19. The number of hydrogen-bond acceptors (Lipinski definition) is 4. The highest BCUT2D eigenvalue weighted by Crippen LogP contribution is 2.16. The number of carboxylic acid groups (broad SMARTS) is 1. The van der Waals surface area contributed by atoms with Crippen molar-refractivity contribution in [2.45, 2.75) is 18.6 Å². The van der Waals surface area contributed by atoms with E-state index in [1.54, 1.807) is 0 Å². The third-order valence-corrected chi connectivity index (χ3v) is 1.68. The van der Waals surface area contributed by atoms with Crippen LogP contribution in [0.5, 0.6) is 0 Å². The van der Waals surface area contributed by atoms with Crippen LogP contribution in [-0.4, -0.2) is 39.3 Å². The first kappa shape index (κ1) is 8.89. The summed E-state index contributed by atoms with van der Waals surface area (Å²) in [5, 5.41) is 26.3. The predicted octanol–water partition coefficient (Wildman–Crippen LogP) is -1.31. The summed E-state index contributed by atoms with van der Waals surface area (Å²) < 4.78 is 0. The van der Waals surface area contributed by atoms with Crippen molar-refractivity contribution < 1.29 is 24.9 Å². The second-order valence-electron chi connectivity index (χ2n) is 2.59. The molecule has 0 spiro atoms. The molecule has 0 aromatic carbocycles. The molecule has 0 aromatic rings. The lowest BCUT2D eigenvalue weighted by Crippen LogP contribution is -2.37. The molecule has 0 saturated carbocycles. The molecule has 1 rings (SSSR count). The van der Waals surface area contributed by atoms with Crippen molar-refractivity contribution in [1.82, 2.24) is 0 Å². The molecule has 0 aromatic heterocycles. The van der Waals surface area contributed by atoms with Gasteiger partial charge in [0.25, 0.3) is 0 Å². The van der Waals surface area contributed by atoms with E-state index in [0.717, 1.165) is 6.08 Å². The Morgan fingerprint density at radius 2 is 2.08 bits per heavy atom. The molecule has 66 valence electrons. The number of aliphatic carboxylic acids is 1. The van der Waals surface area contributed by atoms with Gasteiger partial charge in [-0.3, -0.25) is 4.79 Å². The van der Waals surface area contributed by atoms with Crippen LogP contribution in [0.1, 0.15) is 6.42 Å². The molecule has 5 heteroatoms. The van der Waals surface area contributed by atoms with Crippen LogP contribution in [-0.2, 0) is 9.59 Å². The molecule has 1 aliphatic rings. The molecule has 0 saturated heterocycles. The fourth-order valence-corrected chi connectivity index (χ4v) is 0.992. The van der Waals surface area contributed by atoms with Gasteiger partial charge in [0.2, 0.25) is 0 Å². The zero-order chi connectivity index (χ0) is 9.30. The third kappa shape index (κ3) is 1.51. The molecule has 0 heterocycles. The second-order valence-corrected chi connectivity index (χ2v) is 2.59. The Hall–Kier alpha value is -1.20. The van der Waals surface area contributed by atoms with E-state index in [1.165, 1.54) is 0 Å². The molecule has 0 radical (unpaired) electrons. The number of carboxylic acids is 1. The average molecular weight is 172 g/mol. The second kappa shape index (κ2) is 3.04. The number of carbonyl (C=O) groups excluding carboxylic acids is 1. The highest BCUT2D eigenvalue weighted by molar-refractivity contribution is 6.02. The Balaban J connectivity index is 2.89. The number of ketones is 1. The fraction of sp³-hybridized carbons (Fsp3) is 0.429. The van der Waals surface area contributed by atoms with Gasteiger partial charge in [-0.15, -0.1) is 0 Å². The van der Waals surface area contributed by atoms with Crippen LogP contribution >= 0.6 is 0 Å². The van der Waals surface area contributed by atoms with Crippen molar-refractivity contribution in [3.63, 3.8) is 0 Å². The fourth-order valence-electron chi connectivity index (χ4n) is 0.992. The van der Waals surface area contributed by atoms with E-state index in [4.69, 9.17) is 15.3 Å². The van der Waals surface area contributed by atoms with E-state index < -0.39 is 24.0 Å². The zero-order valence-corrected chi connectivity index (χ0v) is 6.10. The van der Waals surface area contributed by atoms with Crippen molar-refractivity contribution in [3.05, 3.63) is 11.6 Å². The topological polar surface area (TPSA) is 94.8 Å². The molecule has 2 atom stereocenters. The minimum absolute atomic E-state index is 0.169. The van der Waals surface area contributed by atoms with Gasteiger partial charge >= 0.3 is 5.97 Å². The SMILES string of the molecule is O=C(O)C1=CC(=O)[C@H](O)[C@H](O)C1. The van der Waals surface area contributed by atoms with Gasteiger partial charge < -0.3 is 15.3 Å². The Bertz CT molecular complexity index is 255. The summed E-state index contributed by atoms with van der Waals surface area (Å²) in [6.07, 6.45) is -2.12. The van der Waals surface area contributed by atoms with Crippen LogP contribution in [0.4, 0.5) is 0 Å². The number of rotatable bonds is 1. The van der Waals surface area contributed by atoms with E-state index in [1.807, 2.05) is 0 Å². The molecule has 0 unspecified atom stereocenters. The van der Waals surface area contributed by atoms with E-state index in [0.29, 0.717) is 0 Å². The summed E-state index contributed by atoms with van der Waals surface area (Å²) in [7, 11) is 0. The van der Waals surface area contributed by atoms with Gasteiger partial charge in [-0.1, -0.05) is 0 Å². The molecule has 12 heavy (non-hydrogen) atoms. The first-order valence-electron chi connectivity index (χ1n) is 3.36. The Morgan fingerprint density at radius 1 is 1.50 bits per heavy atom. The quantitative estimate of drug-likeness (QED) is 0.456. The summed E-state index contributed by atoms with van der Waals surface area (Å²) >= 11 is 0. The minimum atomic E-state index is -1.48. The lowest BCUT2D eigenvalue weighted by molar-refractivity contribution is -0.136. The van der Waals surface area contributed by atoms with Crippen molar-refractivity contribution in [1.29, 1.82) is 0 Å². The van der Waals surface area contributed by atoms with E-state index in [9.17, 15) is 9.59 Å². The molecule has 3 N–H and O–H groups in total. The summed E-state index contributed by atoms with van der Waals surface area (Å²) in [5.41, 5.74) is -0.169. The van der Waals surface area contributed by atoms with E-state index >= 15 is 0 Å². The third-order valence-electron chi connectivity index (χ3n) is 1.68. The van der Waals surface area contributed by atoms with Crippen LogP contribution in [0, 0.1) is 0 Å². The molecule has 1 aliphatic carbocycles. The van der Waals surface area contributed by atoms with Crippen molar-refractivity contribution in [3.8, 4) is 0 Å². The Kier molecular flexibility index (Phi) is 2.25. The smallest absolute Gasteiger partial charge is 0.331 e. The molecule has 5 nitrogen and oxygen atoms in total. The van der Waals surface area contributed by atoms with Gasteiger partial charge in [0, 0.05) is 12.0 Å². The van der Waals surface area contributed by atoms with Crippen LogP contribution in [0.15, 0.2) is 11.6 Å². The highest BCUT2D eigenvalue weighted by atomic mass is 16.4. The first-order chi connectivity index (χ1) is 5.52. The zero-order valence-electron chi connectivity index (χ0n) is 6.10. The van der Waals surface area contributed by atoms with E-state index in [-0.39, 0.29) is 12.0 Å². The van der Waals surface area contributed by atoms with Crippen LogP contribution in [0.25, 0.3) is 0 Å². The maximum Gasteiger partial charge on any atom is 0.331 e. The standard InChI is InChI=1S/C7H8O5/c8-4-1-3(7(11)12)2-5(9)6(4)10/h1,5-6,9-10H,2H2,(H,11,12)/t5-,6+/m1/s1. The number of aliphatic hydroxyl groups excluding tert-OH is 2. The maximum absolute atomic E-state index is 10.8. The molecule has 0 aliphatic heterocycles. The van der Waals surface area contributed by atoms with E-state index in [2.05, 4.69) is 0 Å². The average Bonchev–Trinajstić information content (AvgIpc) is 1.99. The van der Waals surface area contributed by atoms with Gasteiger partial charge in [0.1, 0.15) is 6.10 Å². The number of aliphatic hydroxyl groups is 2. The summed E-state index contributed by atoms with van der Waals surface area (Å²) in [5.74, 6) is -2.00. The Labute approximate surface area is 67.9 Å². The first-order valence-corrected chi connectivity index (χ1v) is 3.36. The largest absolute Gasteiger partial charge is 0.478 e. The van der Waals surface area contributed by atoms with Gasteiger partial charge in [0.15, 0.2) is 5.78 Å². The molecular formula is C7H8O5. The predicted molar refractivity (Wildman–Crippen MR) is 37.4 cm³/mol. The molecule has 0 fully saturated rings. The van der Waals surface area contributed by atoms with Gasteiger partial charge in [-0.25, -0.2) is 4.79 Å². The van der Waals surface area contributed by atoms with Crippen molar-refractivity contribution >= 4 is 11.8 Å². The summed E-state index contributed by atoms with van der Waals surface area (Å²) in [6, 6.07) is 0. The van der Waals surface area contributed by atoms with Crippen molar-refractivity contribution in [2.75, 3.05) is 0 Å². The Morgan fingerprint density at radius 3 is 2.50 bits per heavy atom. The van der Waals surface area contributed by atoms with Crippen molar-refractivity contribution in [2.24, 2.45) is 0 Å². The van der Waals surface area contributed by atoms with Crippen LogP contribution in [0.3, 0.4) is 0 Å². The summed E-state index contributed by atoms with van der Waals surface area (Å²) in [6.45, 7) is 0. The monoisotopic (exact) mass is 172 g/mol. The number of hydrogen-bond donors (Lipinski definition) is 3. The van der Waals surface area contributed by atoms with Crippen LogP contribution < -0.4 is 0 Å². The van der Waals surface area contributed by atoms with Gasteiger partial charge in [-0.05, 0) is 6.08 Å². The van der Waals surface area contributed by atoms with Gasteiger partial charge in [0.05, 0.1) is 6.10 Å². The molecule has 0 amide bonds. The van der Waals surface area contributed by atoms with Crippen LogP contribution in [0.2, 0.25) is 0 Å². The maximum atomic E-state index is 10.8.